The topological polar surface area (TPSA) is 56.9 Å². The zero-order chi connectivity index (χ0) is 15.1. The summed E-state index contributed by atoms with van der Waals surface area (Å²) in [7, 11) is 0. The molecule has 3 fully saturated rings. The molecule has 2 heterocycles. The number of piperazine rings is 1. The maximum atomic E-state index is 11.4. The van der Waals surface area contributed by atoms with Crippen LogP contribution in [0.4, 0.5) is 0 Å². The van der Waals surface area contributed by atoms with Gasteiger partial charge in [-0.15, -0.1) is 0 Å². The molecule has 3 aliphatic rings. The Morgan fingerprint density at radius 3 is 2.64 bits per heavy atom. The van der Waals surface area contributed by atoms with Gasteiger partial charge in [0.2, 0.25) is 5.43 Å². The summed E-state index contributed by atoms with van der Waals surface area (Å²) >= 11 is 0. The first kappa shape index (κ1) is 14.3. The van der Waals surface area contributed by atoms with Gasteiger partial charge in [0.05, 0.1) is 6.54 Å². The third kappa shape index (κ3) is 2.68. The van der Waals surface area contributed by atoms with E-state index in [1.165, 1.54) is 31.7 Å². The molecule has 0 unspecified atom stereocenters. The minimum atomic E-state index is -0.359. The van der Waals surface area contributed by atoms with Crippen LogP contribution in [0.5, 0.6) is 5.75 Å². The predicted molar refractivity (Wildman–Crippen MR) is 82.7 cm³/mol. The first-order valence-corrected chi connectivity index (χ1v) is 8.46. The third-order valence-corrected chi connectivity index (χ3v) is 5.82. The second-order valence-corrected chi connectivity index (χ2v) is 7.15. The summed E-state index contributed by atoms with van der Waals surface area (Å²) in [4.78, 5) is 16.5. The molecular formula is C17H24N2O3. The zero-order valence-electron chi connectivity index (χ0n) is 12.9. The molecule has 120 valence electrons. The van der Waals surface area contributed by atoms with Crippen LogP contribution in [0.3, 0.4) is 0 Å². The van der Waals surface area contributed by atoms with Gasteiger partial charge in [-0.1, -0.05) is 6.42 Å². The molecule has 3 atom stereocenters. The van der Waals surface area contributed by atoms with E-state index in [0.717, 1.165) is 50.3 Å². The molecule has 2 saturated carbocycles. The highest BCUT2D eigenvalue weighted by molar-refractivity contribution is 5.15. The lowest BCUT2D eigenvalue weighted by atomic mass is 9.93. The Kier molecular flexibility index (Phi) is 3.70. The number of aromatic hydroxyl groups is 1. The van der Waals surface area contributed by atoms with Crippen LogP contribution in [-0.4, -0.2) is 47.1 Å². The molecule has 0 aromatic carbocycles. The fourth-order valence-corrected chi connectivity index (χ4v) is 4.66. The van der Waals surface area contributed by atoms with Crippen LogP contribution in [0, 0.1) is 11.8 Å². The molecule has 0 spiro atoms. The molecule has 22 heavy (non-hydrogen) atoms. The molecule has 4 rings (SSSR count). The van der Waals surface area contributed by atoms with Gasteiger partial charge in [0, 0.05) is 38.3 Å². The average molecular weight is 304 g/mol. The van der Waals surface area contributed by atoms with Crippen molar-refractivity contribution in [2.45, 2.75) is 38.3 Å². The van der Waals surface area contributed by atoms with E-state index in [1.54, 1.807) is 0 Å². The summed E-state index contributed by atoms with van der Waals surface area (Å²) in [5.74, 6) is 2.27. The number of rotatable bonds is 3. The zero-order valence-corrected chi connectivity index (χ0v) is 12.9. The monoisotopic (exact) mass is 304 g/mol. The Bertz CT molecular complexity index is 592. The van der Waals surface area contributed by atoms with Gasteiger partial charge >= 0.3 is 0 Å². The quantitative estimate of drug-likeness (QED) is 0.920. The van der Waals surface area contributed by atoms with Gasteiger partial charge in [0.15, 0.2) is 5.75 Å². The lowest BCUT2D eigenvalue weighted by Crippen LogP contribution is -2.51. The van der Waals surface area contributed by atoms with Gasteiger partial charge in [-0.3, -0.25) is 14.6 Å². The Labute approximate surface area is 130 Å². The van der Waals surface area contributed by atoms with Crippen LogP contribution in [0.15, 0.2) is 21.5 Å². The van der Waals surface area contributed by atoms with Gasteiger partial charge in [0.25, 0.3) is 0 Å². The van der Waals surface area contributed by atoms with E-state index in [2.05, 4.69) is 9.80 Å². The highest BCUT2D eigenvalue weighted by atomic mass is 16.4. The van der Waals surface area contributed by atoms with Crippen LogP contribution in [0.1, 0.15) is 31.4 Å². The fraction of sp³-hybridized carbons (Fsp3) is 0.706. The maximum Gasteiger partial charge on any atom is 0.226 e. The second kappa shape index (κ2) is 5.70. The number of hydrogen-bond donors (Lipinski definition) is 1. The smallest absolute Gasteiger partial charge is 0.226 e. The minimum absolute atomic E-state index is 0.315. The summed E-state index contributed by atoms with van der Waals surface area (Å²) in [6.45, 7) is 4.95. The standard InChI is InChI=1S/C17H24N2O3/c20-16-9-14(22-11-17(16)21)10-18-3-5-19(6-4-18)15-8-12-1-2-13(15)7-12/h9,11-13,15,21H,1-8,10H2/t12-,13-,15-/m0/s1. The first-order chi connectivity index (χ1) is 10.7. The summed E-state index contributed by atoms with van der Waals surface area (Å²) in [5.41, 5.74) is -0.359. The van der Waals surface area contributed by atoms with Crippen molar-refractivity contribution in [1.82, 2.24) is 9.80 Å². The number of fused-ring (bicyclic) bond motifs is 2. The van der Waals surface area contributed by atoms with E-state index in [9.17, 15) is 9.90 Å². The molecule has 1 aromatic rings. The van der Waals surface area contributed by atoms with Crippen molar-refractivity contribution in [2.24, 2.45) is 11.8 Å². The summed E-state index contributed by atoms with van der Waals surface area (Å²) in [5, 5.41) is 9.23. The van der Waals surface area contributed by atoms with E-state index in [-0.39, 0.29) is 11.2 Å². The van der Waals surface area contributed by atoms with Gasteiger partial charge in [-0.25, -0.2) is 0 Å². The molecule has 5 heteroatoms. The molecule has 1 N–H and O–H groups in total. The van der Waals surface area contributed by atoms with Crippen LogP contribution in [-0.2, 0) is 6.54 Å². The summed E-state index contributed by atoms with van der Waals surface area (Å²) < 4.78 is 5.30. The van der Waals surface area contributed by atoms with E-state index < -0.39 is 0 Å². The number of nitrogens with zero attached hydrogens (tertiary/aromatic N) is 2. The third-order valence-electron chi connectivity index (χ3n) is 5.82. The average Bonchev–Trinajstić information content (AvgIpc) is 3.15. The molecule has 1 saturated heterocycles. The summed E-state index contributed by atoms with van der Waals surface area (Å²) in [6.07, 6.45) is 6.92. The second-order valence-electron chi connectivity index (χ2n) is 7.15. The van der Waals surface area contributed by atoms with Crippen molar-refractivity contribution < 1.29 is 9.52 Å². The highest BCUT2D eigenvalue weighted by Gasteiger charge is 2.42. The van der Waals surface area contributed by atoms with Crippen molar-refractivity contribution in [1.29, 1.82) is 0 Å². The van der Waals surface area contributed by atoms with Crippen LogP contribution in [0.25, 0.3) is 0 Å². The van der Waals surface area contributed by atoms with E-state index in [1.807, 2.05) is 0 Å². The Morgan fingerprint density at radius 1 is 1.18 bits per heavy atom. The molecule has 2 bridgehead atoms. The maximum absolute atomic E-state index is 11.4. The van der Waals surface area contributed by atoms with Gasteiger partial charge in [0.1, 0.15) is 12.0 Å². The van der Waals surface area contributed by atoms with E-state index in [4.69, 9.17) is 4.42 Å². The lowest BCUT2D eigenvalue weighted by Gasteiger charge is -2.40. The predicted octanol–water partition coefficient (Wildman–Crippen LogP) is 1.65. The fourth-order valence-electron chi connectivity index (χ4n) is 4.66. The van der Waals surface area contributed by atoms with Crippen LogP contribution in [0.2, 0.25) is 0 Å². The first-order valence-electron chi connectivity index (χ1n) is 8.46. The Balaban J connectivity index is 1.32. The normalized spacial score (nSPS) is 32.6. The molecular weight excluding hydrogens is 280 g/mol. The largest absolute Gasteiger partial charge is 0.502 e. The van der Waals surface area contributed by atoms with Gasteiger partial charge in [-0.05, 0) is 31.1 Å². The van der Waals surface area contributed by atoms with Gasteiger partial charge < -0.3 is 9.52 Å². The SMILES string of the molecule is O=c1cc(CN2CCN([C@H]3C[C@H]4CC[C@H]3C4)CC2)occ1O. The van der Waals surface area contributed by atoms with E-state index in [0.29, 0.717) is 12.3 Å². The molecule has 0 amide bonds. The summed E-state index contributed by atoms with van der Waals surface area (Å²) in [6, 6.07) is 2.23. The van der Waals surface area contributed by atoms with Crippen molar-refractivity contribution in [3.8, 4) is 5.75 Å². The molecule has 1 aliphatic heterocycles. The van der Waals surface area contributed by atoms with Crippen LogP contribution >= 0.6 is 0 Å². The lowest BCUT2D eigenvalue weighted by molar-refractivity contribution is 0.0646. The Hall–Kier alpha value is -1.33. The number of hydrogen-bond acceptors (Lipinski definition) is 5. The van der Waals surface area contributed by atoms with Crippen LogP contribution < -0.4 is 5.43 Å². The van der Waals surface area contributed by atoms with E-state index >= 15 is 0 Å². The molecule has 5 nitrogen and oxygen atoms in total. The molecule has 0 radical (unpaired) electrons. The van der Waals surface area contributed by atoms with Crippen molar-refractivity contribution in [3.63, 3.8) is 0 Å². The van der Waals surface area contributed by atoms with Crippen molar-refractivity contribution >= 4 is 0 Å². The van der Waals surface area contributed by atoms with Crippen molar-refractivity contribution in [3.05, 3.63) is 28.3 Å². The molecule has 1 aromatic heterocycles. The molecule has 2 aliphatic carbocycles. The minimum Gasteiger partial charge on any atom is -0.502 e. The highest BCUT2D eigenvalue weighted by Crippen LogP contribution is 2.46. The Morgan fingerprint density at radius 2 is 2.00 bits per heavy atom. The van der Waals surface area contributed by atoms with Crippen molar-refractivity contribution in [2.75, 3.05) is 26.2 Å². The van der Waals surface area contributed by atoms with Gasteiger partial charge in [-0.2, -0.15) is 0 Å².